The first-order valence-corrected chi connectivity index (χ1v) is 12.4. The molecule has 0 unspecified atom stereocenters. The molecular weight excluding hydrogens is 428 g/mol. The number of nitrogens with one attached hydrogen (secondary N) is 3. The van der Waals surface area contributed by atoms with Crippen molar-refractivity contribution in [3.05, 3.63) is 5.01 Å². The zero-order valence-electron chi connectivity index (χ0n) is 18.2. The quantitative estimate of drug-likeness (QED) is 0.574. The van der Waals surface area contributed by atoms with Crippen LogP contribution in [0.3, 0.4) is 0 Å². The third-order valence-electron chi connectivity index (χ3n) is 4.70. The van der Waals surface area contributed by atoms with E-state index in [1.165, 1.54) is 6.92 Å². The lowest BCUT2D eigenvalue weighted by atomic mass is 9.82. The second-order valence-electron chi connectivity index (χ2n) is 8.67. The number of hydrogen-bond donors (Lipinski definition) is 3. The molecule has 0 aliphatic heterocycles. The predicted octanol–water partition coefficient (Wildman–Crippen LogP) is 3.02. The van der Waals surface area contributed by atoms with Crippen LogP contribution in [-0.2, 0) is 19.6 Å². The molecule has 2 rings (SSSR count). The molecule has 170 valence electrons. The van der Waals surface area contributed by atoms with Gasteiger partial charge in [-0.2, -0.15) is 0 Å². The number of carbonyl (C=O) groups is 2. The van der Waals surface area contributed by atoms with Gasteiger partial charge >= 0.3 is 6.09 Å². The minimum absolute atomic E-state index is 0.0328. The fraction of sp³-hybridized carbons (Fsp3) is 0.737. The van der Waals surface area contributed by atoms with Gasteiger partial charge in [0.2, 0.25) is 5.91 Å². The zero-order valence-corrected chi connectivity index (χ0v) is 19.8. The first-order chi connectivity index (χ1) is 13.9. The van der Waals surface area contributed by atoms with Crippen LogP contribution in [0.1, 0.15) is 58.4 Å². The Labute approximate surface area is 182 Å². The average molecular weight is 461 g/mol. The topological polar surface area (TPSA) is 126 Å². The SMILES string of the molecule is CC(=O)Nc1nc(C)sc1S(=O)(=O)NCC1CCC(CNC(=O)OC(C)(C)C)CC1. The number of thiazole rings is 1. The maximum Gasteiger partial charge on any atom is 0.407 e. The van der Waals surface area contributed by atoms with Crippen molar-refractivity contribution in [2.45, 2.75) is 70.1 Å². The van der Waals surface area contributed by atoms with Crippen LogP contribution in [0.5, 0.6) is 0 Å². The van der Waals surface area contributed by atoms with Gasteiger partial charge in [-0.1, -0.05) is 0 Å². The normalized spacial score (nSPS) is 19.9. The van der Waals surface area contributed by atoms with Gasteiger partial charge in [-0.3, -0.25) is 4.79 Å². The molecule has 1 aliphatic carbocycles. The van der Waals surface area contributed by atoms with E-state index < -0.39 is 21.7 Å². The van der Waals surface area contributed by atoms with Gasteiger partial charge in [0, 0.05) is 20.0 Å². The Morgan fingerprint density at radius 1 is 1.13 bits per heavy atom. The number of aryl methyl sites for hydroxylation is 1. The van der Waals surface area contributed by atoms with Gasteiger partial charge < -0.3 is 15.4 Å². The molecule has 1 aliphatic rings. The monoisotopic (exact) mass is 460 g/mol. The molecule has 1 aromatic rings. The summed E-state index contributed by atoms with van der Waals surface area (Å²) >= 11 is 1.03. The van der Waals surface area contributed by atoms with Crippen LogP contribution >= 0.6 is 11.3 Å². The number of alkyl carbamates (subject to hydrolysis) is 1. The molecule has 1 heterocycles. The van der Waals surface area contributed by atoms with Gasteiger partial charge in [-0.05, 0) is 65.2 Å². The van der Waals surface area contributed by atoms with E-state index >= 15 is 0 Å². The van der Waals surface area contributed by atoms with Crippen molar-refractivity contribution in [3.8, 4) is 0 Å². The molecule has 0 saturated heterocycles. The van der Waals surface area contributed by atoms with Crippen LogP contribution in [0.15, 0.2) is 4.21 Å². The molecule has 2 amide bonds. The van der Waals surface area contributed by atoms with Crippen molar-refractivity contribution in [3.63, 3.8) is 0 Å². The smallest absolute Gasteiger partial charge is 0.407 e. The predicted molar refractivity (Wildman–Crippen MR) is 116 cm³/mol. The minimum Gasteiger partial charge on any atom is -0.444 e. The first kappa shape index (κ1) is 24.5. The summed E-state index contributed by atoms with van der Waals surface area (Å²) < 4.78 is 33.3. The molecule has 0 aromatic carbocycles. The van der Waals surface area contributed by atoms with Gasteiger partial charge in [-0.25, -0.2) is 22.9 Å². The number of ether oxygens (including phenoxy) is 1. The highest BCUT2D eigenvalue weighted by Crippen LogP contribution is 2.30. The molecular formula is C19H32N4O5S2. The summed E-state index contributed by atoms with van der Waals surface area (Å²) in [6.07, 6.45) is 3.18. The van der Waals surface area contributed by atoms with Gasteiger partial charge in [0.25, 0.3) is 10.0 Å². The van der Waals surface area contributed by atoms with Crippen molar-refractivity contribution in [1.82, 2.24) is 15.0 Å². The first-order valence-electron chi connectivity index (χ1n) is 10.1. The van der Waals surface area contributed by atoms with Gasteiger partial charge in [0.05, 0.1) is 5.01 Å². The lowest BCUT2D eigenvalue weighted by molar-refractivity contribution is -0.114. The van der Waals surface area contributed by atoms with E-state index in [9.17, 15) is 18.0 Å². The number of rotatable bonds is 7. The Hall–Kier alpha value is -1.72. The van der Waals surface area contributed by atoms with Crippen LogP contribution in [0.25, 0.3) is 0 Å². The Morgan fingerprint density at radius 3 is 2.23 bits per heavy atom. The maximum atomic E-state index is 12.7. The summed E-state index contributed by atoms with van der Waals surface area (Å²) in [5.74, 6) is 0.307. The van der Waals surface area contributed by atoms with E-state index in [2.05, 4.69) is 20.3 Å². The number of anilines is 1. The Bertz CT molecular complexity index is 853. The molecule has 1 aromatic heterocycles. The Morgan fingerprint density at radius 2 is 1.70 bits per heavy atom. The maximum absolute atomic E-state index is 12.7. The average Bonchev–Trinajstić information content (AvgIpc) is 2.98. The van der Waals surface area contributed by atoms with Gasteiger partial charge in [0.1, 0.15) is 5.60 Å². The van der Waals surface area contributed by atoms with Crippen molar-refractivity contribution in [2.24, 2.45) is 11.8 Å². The molecule has 9 nitrogen and oxygen atoms in total. The summed E-state index contributed by atoms with van der Waals surface area (Å²) in [5, 5.41) is 5.86. The van der Waals surface area contributed by atoms with Gasteiger partial charge in [-0.15, -0.1) is 11.3 Å². The van der Waals surface area contributed by atoms with Crippen molar-refractivity contribution >= 4 is 39.2 Å². The molecule has 0 radical (unpaired) electrons. The fourth-order valence-corrected chi connectivity index (χ4v) is 5.82. The van der Waals surface area contributed by atoms with Crippen LogP contribution in [0.4, 0.5) is 10.6 Å². The lowest BCUT2D eigenvalue weighted by Crippen LogP contribution is -2.37. The van der Waals surface area contributed by atoms with Crippen LogP contribution in [0.2, 0.25) is 0 Å². The molecule has 1 saturated carbocycles. The second kappa shape index (κ2) is 10.1. The number of nitrogens with zero attached hydrogens (tertiary/aromatic N) is 1. The van der Waals surface area contributed by atoms with E-state index in [1.807, 2.05) is 20.8 Å². The number of carbonyl (C=O) groups excluding carboxylic acids is 2. The molecule has 1 fully saturated rings. The van der Waals surface area contributed by atoms with Gasteiger partial charge in [0.15, 0.2) is 10.0 Å². The van der Waals surface area contributed by atoms with E-state index in [0.717, 1.165) is 37.0 Å². The molecule has 0 spiro atoms. The van der Waals surface area contributed by atoms with Crippen molar-refractivity contribution in [2.75, 3.05) is 18.4 Å². The van der Waals surface area contributed by atoms with E-state index in [4.69, 9.17) is 4.74 Å². The third kappa shape index (κ3) is 7.84. The lowest BCUT2D eigenvalue weighted by Gasteiger charge is -2.29. The summed E-state index contributed by atoms with van der Waals surface area (Å²) in [6.45, 7) is 9.39. The Kier molecular flexibility index (Phi) is 8.23. The van der Waals surface area contributed by atoms with Crippen LogP contribution in [-0.4, -0.2) is 44.1 Å². The summed E-state index contributed by atoms with van der Waals surface area (Å²) in [6, 6.07) is 0. The molecule has 0 atom stereocenters. The highest BCUT2D eigenvalue weighted by atomic mass is 32.2. The molecule has 30 heavy (non-hydrogen) atoms. The molecule has 0 bridgehead atoms. The van der Waals surface area contributed by atoms with Crippen molar-refractivity contribution < 1.29 is 22.7 Å². The Balaban J connectivity index is 1.80. The number of hydrogen-bond acceptors (Lipinski definition) is 7. The van der Waals surface area contributed by atoms with Crippen molar-refractivity contribution in [1.29, 1.82) is 0 Å². The second-order valence-corrected chi connectivity index (χ2v) is 11.8. The zero-order chi connectivity index (χ0) is 22.5. The third-order valence-corrected chi connectivity index (χ3v) is 7.61. The highest BCUT2D eigenvalue weighted by Gasteiger charge is 2.27. The standard InChI is InChI=1S/C19H32N4O5S2/c1-12(24)22-16-17(29-13(2)23-16)30(26,27)21-11-15-8-6-14(7-9-15)10-20-18(25)28-19(3,4)5/h14-15,21H,6-11H2,1-5H3,(H,20,25)(H,22,24). The summed E-state index contributed by atoms with van der Waals surface area (Å²) in [7, 11) is -3.75. The number of sulfonamides is 1. The summed E-state index contributed by atoms with van der Waals surface area (Å²) in [4.78, 5) is 27.2. The van der Waals surface area contributed by atoms with E-state index in [-0.39, 0.29) is 21.9 Å². The van der Waals surface area contributed by atoms with E-state index in [1.54, 1.807) is 6.92 Å². The summed E-state index contributed by atoms with van der Waals surface area (Å²) in [5.41, 5.74) is -0.519. The largest absolute Gasteiger partial charge is 0.444 e. The molecule has 3 N–H and O–H groups in total. The van der Waals surface area contributed by atoms with Crippen LogP contribution in [0, 0.1) is 18.8 Å². The highest BCUT2D eigenvalue weighted by molar-refractivity contribution is 7.91. The number of aromatic nitrogens is 1. The van der Waals surface area contributed by atoms with E-state index in [0.29, 0.717) is 24.0 Å². The fourth-order valence-electron chi connectivity index (χ4n) is 3.31. The number of amides is 2. The minimum atomic E-state index is -3.75. The van der Waals surface area contributed by atoms with Crippen LogP contribution < -0.4 is 15.4 Å². The molecule has 11 heteroatoms.